The largest absolute Gasteiger partial charge is 0.327 e. The second kappa shape index (κ2) is 17.1. The van der Waals surface area contributed by atoms with Gasteiger partial charge in [-0.25, -0.2) is 26.8 Å². The van der Waals surface area contributed by atoms with Crippen LogP contribution in [0.4, 0.5) is 0 Å². The number of benzene rings is 2. The van der Waals surface area contributed by atoms with Crippen LogP contribution in [0.3, 0.4) is 0 Å². The highest BCUT2D eigenvalue weighted by atomic mass is 32.2. The number of aromatic nitrogens is 4. The van der Waals surface area contributed by atoms with E-state index in [1.54, 1.807) is 24.3 Å². The lowest BCUT2D eigenvalue weighted by Gasteiger charge is -2.19. The summed E-state index contributed by atoms with van der Waals surface area (Å²) in [7, 11) is 5.54. The number of sulfone groups is 2. The zero-order valence-electron chi connectivity index (χ0n) is 36.1. The molecule has 4 heterocycles. The molecule has 0 radical (unpaired) electrons. The lowest BCUT2D eigenvalue weighted by atomic mass is 9.92. The Labute approximate surface area is 337 Å². The Hall–Kier alpha value is -2.88. The fourth-order valence-corrected chi connectivity index (χ4v) is 11.2. The number of fused-ring (bicyclic) bond motifs is 2. The van der Waals surface area contributed by atoms with E-state index in [-0.39, 0.29) is 21.3 Å². The molecule has 2 saturated heterocycles. The highest BCUT2D eigenvalue weighted by Gasteiger charge is 2.34. The first-order valence-corrected chi connectivity index (χ1v) is 23.2. The third kappa shape index (κ3) is 10.8. The Bertz CT molecular complexity index is 2040. The van der Waals surface area contributed by atoms with Crippen molar-refractivity contribution < 1.29 is 16.8 Å². The summed E-state index contributed by atoms with van der Waals surface area (Å²) in [5, 5.41) is -0.639. The molecule has 2 aliphatic rings. The molecule has 0 aliphatic carbocycles. The maximum absolute atomic E-state index is 13.1. The molecule has 14 heteroatoms. The van der Waals surface area contributed by atoms with Gasteiger partial charge in [0.1, 0.15) is 11.6 Å². The molecule has 0 bridgehead atoms. The Morgan fingerprint density at radius 2 is 0.982 bits per heavy atom. The van der Waals surface area contributed by atoms with Crippen molar-refractivity contribution in [1.82, 2.24) is 38.7 Å². The number of rotatable bonds is 12. The van der Waals surface area contributed by atoms with Gasteiger partial charge in [-0.3, -0.25) is 0 Å². The number of nitrogens with zero attached hydrogens (tertiary/aromatic N) is 8. The summed E-state index contributed by atoms with van der Waals surface area (Å²) in [5.74, 6) is 2.05. The van der Waals surface area contributed by atoms with E-state index in [0.717, 1.165) is 85.8 Å². The normalized spacial score (nSPS) is 19.2. The first kappa shape index (κ1) is 44.2. The molecule has 0 unspecified atom stereocenters. The van der Waals surface area contributed by atoms with Gasteiger partial charge in [0.15, 0.2) is 19.7 Å². The number of likely N-dealkylation sites (tertiary alicyclic amines) is 2. The van der Waals surface area contributed by atoms with E-state index in [9.17, 15) is 16.8 Å². The van der Waals surface area contributed by atoms with Crippen LogP contribution in [-0.2, 0) is 45.6 Å². The van der Waals surface area contributed by atoms with Crippen LogP contribution in [0.15, 0.2) is 46.2 Å². The number of likely N-dealkylation sites (N-methyl/N-ethyl adjacent to an activating group) is 2. The Morgan fingerprint density at radius 1 is 0.625 bits per heavy atom. The van der Waals surface area contributed by atoms with Gasteiger partial charge in [-0.1, -0.05) is 41.5 Å². The molecule has 0 spiro atoms. The fourth-order valence-electron chi connectivity index (χ4n) is 7.67. The maximum Gasteiger partial charge on any atom is 0.182 e. The van der Waals surface area contributed by atoms with Crippen LogP contribution >= 0.6 is 0 Å². The lowest BCUT2D eigenvalue weighted by molar-refractivity contribution is 0.364. The molecule has 2 aromatic heterocycles. The van der Waals surface area contributed by atoms with Crippen LogP contribution in [0.1, 0.15) is 66.0 Å². The molecular weight excluding hydrogens is 745 g/mol. The van der Waals surface area contributed by atoms with Gasteiger partial charge in [-0.2, -0.15) is 0 Å². The van der Waals surface area contributed by atoms with Gasteiger partial charge in [-0.05, 0) is 115 Å². The molecule has 2 atom stereocenters. The smallest absolute Gasteiger partial charge is 0.182 e. The summed E-state index contributed by atoms with van der Waals surface area (Å²) in [4.78, 5) is 19.0. The molecule has 6 rings (SSSR count). The minimum atomic E-state index is -3.33. The SMILES string of the molecule is CN(C)CCn1c(CC(C)(C)C)nc2cc(S(=O)(=O)[C@@H]3CCN(C)C3)ccc21.CN(C)CCn1c(CC(C)(C)C)nc2cc(S(=O)(=O)[C@@H]3CCN(C)C3)ccc21. The quantitative estimate of drug-likeness (QED) is 0.186. The third-order valence-electron chi connectivity index (χ3n) is 10.7. The fraction of sp³-hybridized carbons (Fsp3) is 0.667. The Kier molecular flexibility index (Phi) is 13.5. The summed E-state index contributed by atoms with van der Waals surface area (Å²) in [6.07, 6.45) is 3.10. The standard InChI is InChI=1S/2C21H34N4O2S/c2*1-21(2,3)14-20-22-18-13-16(28(26,27)17-9-10-24(6)15-17)7-8-19(18)25(20)12-11-23(4)5/h2*7-8,13,17H,9-12,14-15H2,1-6H3/t2*17-/m11/s1. The Balaban J connectivity index is 0.000000214. The van der Waals surface area contributed by atoms with E-state index >= 15 is 0 Å². The molecule has 0 saturated carbocycles. The van der Waals surface area contributed by atoms with Crippen molar-refractivity contribution in [3.63, 3.8) is 0 Å². The molecule has 2 fully saturated rings. The first-order valence-electron chi connectivity index (χ1n) is 20.1. The van der Waals surface area contributed by atoms with E-state index < -0.39 is 19.7 Å². The minimum absolute atomic E-state index is 0.112. The topological polar surface area (TPSA) is 117 Å². The molecule has 4 aromatic rings. The highest BCUT2D eigenvalue weighted by molar-refractivity contribution is 7.92. The van der Waals surface area contributed by atoms with Crippen molar-refractivity contribution in [3.05, 3.63) is 48.0 Å². The summed E-state index contributed by atoms with van der Waals surface area (Å²) in [6, 6.07) is 11.0. The van der Waals surface area contributed by atoms with Gasteiger partial charge >= 0.3 is 0 Å². The Morgan fingerprint density at radius 3 is 1.27 bits per heavy atom. The molecule has 2 aromatic carbocycles. The molecular formula is C42H68N8O4S2. The summed E-state index contributed by atoms with van der Waals surface area (Å²) >= 11 is 0. The van der Waals surface area contributed by atoms with Gasteiger partial charge in [0.2, 0.25) is 0 Å². The predicted molar refractivity (Wildman–Crippen MR) is 229 cm³/mol. The summed E-state index contributed by atoms with van der Waals surface area (Å²) in [5.41, 5.74) is 3.82. The monoisotopic (exact) mass is 812 g/mol. The molecule has 0 N–H and O–H groups in total. The van der Waals surface area contributed by atoms with Crippen LogP contribution in [0, 0.1) is 10.8 Å². The van der Waals surface area contributed by atoms with E-state index in [4.69, 9.17) is 9.97 Å². The van der Waals surface area contributed by atoms with Crippen LogP contribution in [0.5, 0.6) is 0 Å². The van der Waals surface area contributed by atoms with Crippen LogP contribution in [-0.4, -0.2) is 148 Å². The van der Waals surface area contributed by atoms with Crippen LogP contribution in [0.2, 0.25) is 0 Å². The zero-order chi connectivity index (χ0) is 41.4. The highest BCUT2D eigenvalue weighted by Crippen LogP contribution is 2.31. The predicted octanol–water partition coefficient (Wildman–Crippen LogP) is 5.33. The summed E-state index contributed by atoms with van der Waals surface area (Å²) < 4.78 is 56.9. The lowest BCUT2D eigenvalue weighted by Crippen LogP contribution is -2.25. The van der Waals surface area contributed by atoms with E-state index in [1.807, 2.05) is 26.2 Å². The average Bonchev–Trinajstić information content (AvgIpc) is 3.86. The van der Waals surface area contributed by atoms with Gasteiger partial charge < -0.3 is 28.7 Å². The van der Waals surface area contributed by atoms with Crippen molar-refractivity contribution in [2.75, 3.05) is 81.6 Å². The zero-order valence-corrected chi connectivity index (χ0v) is 37.8. The third-order valence-corrected chi connectivity index (χ3v) is 15.1. The number of hydrogen-bond acceptors (Lipinski definition) is 10. The van der Waals surface area contributed by atoms with E-state index in [0.29, 0.717) is 35.7 Å². The van der Waals surface area contributed by atoms with Gasteiger partial charge in [0.05, 0.1) is 42.4 Å². The van der Waals surface area contributed by atoms with Crippen molar-refractivity contribution in [3.8, 4) is 0 Å². The second-order valence-electron chi connectivity index (χ2n) is 19.2. The summed E-state index contributed by atoms with van der Waals surface area (Å²) in [6.45, 7) is 19.6. The number of imidazole rings is 2. The molecule has 56 heavy (non-hydrogen) atoms. The van der Waals surface area contributed by atoms with Crippen molar-refractivity contribution in [2.24, 2.45) is 10.8 Å². The van der Waals surface area contributed by atoms with E-state index in [2.05, 4.69) is 98.5 Å². The minimum Gasteiger partial charge on any atom is -0.327 e. The van der Waals surface area contributed by atoms with E-state index in [1.165, 1.54) is 0 Å². The molecule has 0 amide bonds. The van der Waals surface area contributed by atoms with Crippen LogP contribution < -0.4 is 0 Å². The van der Waals surface area contributed by atoms with Crippen LogP contribution in [0.25, 0.3) is 22.1 Å². The number of hydrogen-bond donors (Lipinski definition) is 0. The average molecular weight is 813 g/mol. The molecule has 2 aliphatic heterocycles. The second-order valence-corrected chi connectivity index (χ2v) is 23.6. The van der Waals surface area contributed by atoms with Crippen molar-refractivity contribution >= 4 is 41.7 Å². The van der Waals surface area contributed by atoms with Crippen molar-refractivity contribution in [2.45, 2.75) is 101 Å². The molecule has 12 nitrogen and oxygen atoms in total. The maximum atomic E-state index is 13.1. The van der Waals surface area contributed by atoms with Gasteiger partial charge in [0.25, 0.3) is 0 Å². The van der Waals surface area contributed by atoms with Gasteiger partial charge in [-0.15, -0.1) is 0 Å². The molecule has 312 valence electrons. The van der Waals surface area contributed by atoms with Gasteiger partial charge in [0, 0.05) is 52.1 Å². The first-order chi connectivity index (χ1) is 25.9. The van der Waals surface area contributed by atoms with Crippen molar-refractivity contribution in [1.29, 1.82) is 0 Å².